The van der Waals surface area contributed by atoms with E-state index in [1.165, 1.54) is 19.3 Å². The Bertz CT molecular complexity index is 529. The average Bonchev–Trinajstić information content (AvgIpc) is 2.29. The molecular formula is C11H13N3S2. The molecule has 0 saturated heterocycles. The maximum Gasteiger partial charge on any atom is 0.175 e. The lowest BCUT2D eigenvalue weighted by molar-refractivity contribution is 0.435. The standard InChI is InChI=1S/C11H13N3S2/c12-6-8-9(7-4-2-1-3-5-7)13-11(16)14-10(8)15/h7H,1-5H2,(H2,13,14,15,16). The molecule has 0 radical (unpaired) electrons. The first-order valence-electron chi connectivity index (χ1n) is 5.49. The van der Waals surface area contributed by atoms with Gasteiger partial charge in [0, 0.05) is 11.6 Å². The van der Waals surface area contributed by atoms with Gasteiger partial charge in [-0.2, -0.15) is 5.26 Å². The van der Waals surface area contributed by atoms with Crippen LogP contribution in [0.3, 0.4) is 0 Å². The van der Waals surface area contributed by atoms with Crippen LogP contribution in [0.2, 0.25) is 0 Å². The summed E-state index contributed by atoms with van der Waals surface area (Å²) in [4.78, 5) is 5.93. The fraction of sp³-hybridized carbons (Fsp3) is 0.545. The molecule has 1 aliphatic rings. The van der Waals surface area contributed by atoms with Crippen molar-refractivity contribution in [2.75, 3.05) is 0 Å². The molecule has 1 saturated carbocycles. The van der Waals surface area contributed by atoms with Crippen molar-refractivity contribution in [2.24, 2.45) is 0 Å². The van der Waals surface area contributed by atoms with Gasteiger partial charge in [0.25, 0.3) is 0 Å². The van der Waals surface area contributed by atoms with E-state index in [2.05, 4.69) is 16.0 Å². The van der Waals surface area contributed by atoms with Crippen LogP contribution in [-0.2, 0) is 0 Å². The highest BCUT2D eigenvalue weighted by atomic mass is 32.1. The topological polar surface area (TPSA) is 55.4 Å². The van der Waals surface area contributed by atoms with Crippen molar-refractivity contribution < 1.29 is 0 Å². The molecule has 0 spiro atoms. The zero-order valence-electron chi connectivity index (χ0n) is 8.88. The predicted octanol–water partition coefficient (Wildman–Crippen LogP) is 3.72. The van der Waals surface area contributed by atoms with Gasteiger partial charge in [0.05, 0.1) is 0 Å². The smallest absolute Gasteiger partial charge is 0.175 e. The Morgan fingerprint density at radius 2 is 1.81 bits per heavy atom. The van der Waals surface area contributed by atoms with Crippen LogP contribution in [0.15, 0.2) is 0 Å². The Kier molecular flexibility index (Phi) is 3.52. The summed E-state index contributed by atoms with van der Waals surface area (Å²) in [5, 5.41) is 9.13. The zero-order chi connectivity index (χ0) is 11.5. The van der Waals surface area contributed by atoms with Crippen LogP contribution < -0.4 is 0 Å². The second-order valence-electron chi connectivity index (χ2n) is 4.14. The van der Waals surface area contributed by atoms with Crippen molar-refractivity contribution in [3.05, 3.63) is 20.7 Å². The Hall–Kier alpha value is -0.990. The molecule has 3 nitrogen and oxygen atoms in total. The van der Waals surface area contributed by atoms with E-state index in [9.17, 15) is 0 Å². The molecule has 16 heavy (non-hydrogen) atoms. The lowest BCUT2D eigenvalue weighted by Gasteiger charge is -2.22. The second-order valence-corrected chi connectivity index (χ2v) is 4.96. The zero-order valence-corrected chi connectivity index (χ0v) is 10.5. The fourth-order valence-corrected chi connectivity index (χ4v) is 2.85. The first-order valence-corrected chi connectivity index (χ1v) is 6.30. The third-order valence-corrected chi connectivity index (χ3v) is 3.61. The van der Waals surface area contributed by atoms with E-state index in [4.69, 9.17) is 29.7 Å². The van der Waals surface area contributed by atoms with Crippen LogP contribution >= 0.6 is 24.4 Å². The van der Waals surface area contributed by atoms with Gasteiger partial charge in [-0.05, 0) is 25.1 Å². The van der Waals surface area contributed by atoms with Gasteiger partial charge < -0.3 is 9.97 Å². The lowest BCUT2D eigenvalue weighted by atomic mass is 9.85. The summed E-state index contributed by atoms with van der Waals surface area (Å²) in [6, 6.07) is 2.18. The summed E-state index contributed by atoms with van der Waals surface area (Å²) in [7, 11) is 0. The van der Waals surface area contributed by atoms with E-state index < -0.39 is 0 Å². The highest BCUT2D eigenvalue weighted by molar-refractivity contribution is 7.72. The molecule has 0 atom stereocenters. The van der Waals surface area contributed by atoms with E-state index in [0.29, 0.717) is 20.9 Å². The number of aromatic nitrogens is 2. The van der Waals surface area contributed by atoms with Gasteiger partial charge in [-0.1, -0.05) is 31.5 Å². The third kappa shape index (κ3) is 2.23. The highest BCUT2D eigenvalue weighted by Crippen LogP contribution is 2.32. The van der Waals surface area contributed by atoms with Crippen molar-refractivity contribution in [1.29, 1.82) is 5.26 Å². The molecule has 2 rings (SSSR count). The van der Waals surface area contributed by atoms with Crippen LogP contribution in [0.25, 0.3) is 0 Å². The Morgan fingerprint density at radius 1 is 1.12 bits per heavy atom. The number of aromatic amines is 2. The number of H-pyrrole nitrogens is 2. The van der Waals surface area contributed by atoms with Crippen molar-refractivity contribution in [2.45, 2.75) is 38.0 Å². The molecule has 1 aliphatic carbocycles. The Balaban J connectivity index is 2.50. The number of hydrogen-bond donors (Lipinski definition) is 2. The molecule has 0 unspecified atom stereocenters. The first kappa shape index (κ1) is 11.5. The van der Waals surface area contributed by atoms with E-state index in [-0.39, 0.29) is 0 Å². The third-order valence-electron chi connectivity index (χ3n) is 3.10. The molecule has 1 fully saturated rings. The molecule has 0 aliphatic heterocycles. The van der Waals surface area contributed by atoms with E-state index in [1.807, 2.05) is 0 Å². The van der Waals surface area contributed by atoms with E-state index in [1.54, 1.807) is 0 Å². The monoisotopic (exact) mass is 251 g/mol. The van der Waals surface area contributed by atoms with Crippen molar-refractivity contribution in [3.8, 4) is 6.07 Å². The van der Waals surface area contributed by atoms with Crippen molar-refractivity contribution >= 4 is 24.4 Å². The van der Waals surface area contributed by atoms with Crippen molar-refractivity contribution in [3.63, 3.8) is 0 Å². The second kappa shape index (κ2) is 4.89. The number of nitrogens with zero attached hydrogens (tertiary/aromatic N) is 1. The minimum absolute atomic E-state index is 0.418. The predicted molar refractivity (Wildman–Crippen MR) is 67.4 cm³/mol. The van der Waals surface area contributed by atoms with Crippen LogP contribution in [0.5, 0.6) is 0 Å². The van der Waals surface area contributed by atoms with Gasteiger partial charge in [0.2, 0.25) is 0 Å². The minimum atomic E-state index is 0.418. The summed E-state index contributed by atoms with van der Waals surface area (Å²) in [5.74, 6) is 0.418. The quantitative estimate of drug-likeness (QED) is 0.748. The normalized spacial score (nSPS) is 16.9. The molecule has 5 heteroatoms. The molecule has 1 aromatic rings. The van der Waals surface area contributed by atoms with Gasteiger partial charge in [-0.3, -0.25) is 0 Å². The van der Waals surface area contributed by atoms with E-state index >= 15 is 0 Å². The largest absolute Gasteiger partial charge is 0.334 e. The van der Waals surface area contributed by atoms with Gasteiger partial charge in [0.1, 0.15) is 16.3 Å². The maximum absolute atomic E-state index is 9.13. The Labute approximate surface area is 105 Å². The van der Waals surface area contributed by atoms with Gasteiger partial charge in [-0.15, -0.1) is 0 Å². The molecule has 0 amide bonds. The number of nitriles is 1. The van der Waals surface area contributed by atoms with Gasteiger partial charge >= 0.3 is 0 Å². The van der Waals surface area contributed by atoms with Gasteiger partial charge in [0.15, 0.2) is 4.77 Å². The summed E-state index contributed by atoms with van der Waals surface area (Å²) in [6.45, 7) is 0. The maximum atomic E-state index is 9.13. The first-order chi connectivity index (χ1) is 7.72. The molecule has 1 heterocycles. The summed E-state index contributed by atoms with van der Waals surface area (Å²) >= 11 is 10.2. The van der Waals surface area contributed by atoms with Crippen molar-refractivity contribution in [1.82, 2.24) is 9.97 Å². The molecule has 1 aromatic heterocycles. The van der Waals surface area contributed by atoms with Crippen LogP contribution in [0.4, 0.5) is 0 Å². The van der Waals surface area contributed by atoms with Gasteiger partial charge in [-0.25, -0.2) is 0 Å². The average molecular weight is 251 g/mol. The van der Waals surface area contributed by atoms with Crippen LogP contribution in [0, 0.1) is 20.7 Å². The molecule has 0 bridgehead atoms. The SMILES string of the molecule is N#Cc1c(C2CCCCC2)[nH]c(=S)[nH]c1=S. The number of hydrogen-bond acceptors (Lipinski definition) is 3. The van der Waals surface area contributed by atoms with Crippen LogP contribution in [0.1, 0.15) is 49.3 Å². The minimum Gasteiger partial charge on any atom is -0.334 e. The molecule has 0 aromatic carbocycles. The number of rotatable bonds is 1. The highest BCUT2D eigenvalue weighted by Gasteiger charge is 2.20. The molecule has 2 N–H and O–H groups in total. The summed E-state index contributed by atoms with van der Waals surface area (Å²) in [6.07, 6.45) is 5.99. The lowest BCUT2D eigenvalue weighted by Crippen LogP contribution is -2.10. The van der Waals surface area contributed by atoms with E-state index in [0.717, 1.165) is 18.5 Å². The molecular weight excluding hydrogens is 238 g/mol. The fourth-order valence-electron chi connectivity index (χ4n) is 2.31. The van der Waals surface area contributed by atoms with Crippen LogP contribution in [-0.4, -0.2) is 9.97 Å². The Morgan fingerprint density at radius 3 is 2.44 bits per heavy atom. The summed E-state index contributed by atoms with van der Waals surface area (Å²) in [5.41, 5.74) is 1.51. The summed E-state index contributed by atoms with van der Waals surface area (Å²) < 4.78 is 0.983. The number of nitrogens with one attached hydrogen (secondary N) is 2. The molecule has 84 valence electrons.